The van der Waals surface area contributed by atoms with E-state index in [9.17, 15) is 9.59 Å². The molecule has 2 amide bonds. The zero-order chi connectivity index (χ0) is 19.3. The minimum Gasteiger partial charge on any atom is -0.359 e. The van der Waals surface area contributed by atoms with E-state index in [1.54, 1.807) is 18.4 Å². The lowest BCUT2D eigenvalue weighted by Crippen LogP contribution is -2.53. The van der Waals surface area contributed by atoms with Gasteiger partial charge >= 0.3 is 0 Å². The molecule has 1 aliphatic rings. The average molecular weight is 385 g/mol. The molecule has 0 aliphatic carbocycles. The number of benzene rings is 1. The van der Waals surface area contributed by atoms with Crippen LogP contribution in [0.3, 0.4) is 0 Å². The van der Waals surface area contributed by atoms with Crippen molar-refractivity contribution in [3.05, 3.63) is 47.3 Å². The summed E-state index contributed by atoms with van der Waals surface area (Å²) in [5.74, 6) is 0.206. The highest BCUT2D eigenvalue weighted by molar-refractivity contribution is 7.13. The number of hydrogen-bond donors (Lipinski definition) is 1. The monoisotopic (exact) mass is 384 g/mol. The Morgan fingerprint density at radius 2 is 2.00 bits per heavy atom. The van der Waals surface area contributed by atoms with E-state index in [0.717, 1.165) is 31.4 Å². The molecular formula is C22H28N2O2S. The number of likely N-dealkylation sites (tertiary alicyclic amines) is 1. The standard InChI is InChI=1S/C22H28N2O2S/c1-3-6-20(25)24-13-5-12-22(16-24,21(26)23-2)15-17-8-10-18(11-9-17)19-7-4-14-27-19/h4,7-11,14H,3,5-6,12-13,15-16H2,1-2H3,(H,23,26)/t22-/m0/s1. The Kier molecular flexibility index (Phi) is 6.32. The first kappa shape index (κ1) is 19.6. The smallest absolute Gasteiger partial charge is 0.228 e. The number of thiophene rings is 1. The Morgan fingerprint density at radius 1 is 1.22 bits per heavy atom. The summed E-state index contributed by atoms with van der Waals surface area (Å²) in [6.45, 7) is 3.29. The van der Waals surface area contributed by atoms with Crippen molar-refractivity contribution in [3.63, 3.8) is 0 Å². The second-order valence-electron chi connectivity index (χ2n) is 7.38. The zero-order valence-corrected chi connectivity index (χ0v) is 17.0. The van der Waals surface area contributed by atoms with E-state index in [2.05, 4.69) is 47.1 Å². The van der Waals surface area contributed by atoms with E-state index < -0.39 is 5.41 Å². The van der Waals surface area contributed by atoms with Gasteiger partial charge in [0.1, 0.15) is 0 Å². The first-order valence-corrected chi connectivity index (χ1v) is 10.6. The Bertz CT molecular complexity index is 770. The van der Waals surface area contributed by atoms with Crippen LogP contribution in [0.2, 0.25) is 0 Å². The van der Waals surface area contributed by atoms with Crippen LogP contribution in [0.5, 0.6) is 0 Å². The van der Waals surface area contributed by atoms with Crippen LogP contribution in [-0.2, 0) is 16.0 Å². The fourth-order valence-corrected chi connectivity index (χ4v) is 4.75. The third-order valence-corrected chi connectivity index (χ3v) is 6.32. The first-order valence-electron chi connectivity index (χ1n) is 9.71. The molecule has 1 aliphatic heterocycles. The Labute approximate surface area is 165 Å². The number of hydrogen-bond acceptors (Lipinski definition) is 3. The van der Waals surface area contributed by atoms with E-state index >= 15 is 0 Å². The number of nitrogens with zero attached hydrogens (tertiary/aromatic N) is 1. The summed E-state index contributed by atoms with van der Waals surface area (Å²) in [6.07, 6.45) is 3.74. The highest BCUT2D eigenvalue weighted by atomic mass is 32.1. The Hall–Kier alpha value is -2.14. The van der Waals surface area contributed by atoms with Crippen LogP contribution in [0.4, 0.5) is 0 Å². The molecule has 2 aromatic rings. The van der Waals surface area contributed by atoms with Crippen molar-refractivity contribution in [2.75, 3.05) is 20.1 Å². The van der Waals surface area contributed by atoms with Gasteiger partial charge in [-0.1, -0.05) is 37.3 Å². The van der Waals surface area contributed by atoms with E-state index in [1.165, 1.54) is 10.4 Å². The lowest BCUT2D eigenvalue weighted by Gasteiger charge is -2.41. The second kappa shape index (κ2) is 8.70. The van der Waals surface area contributed by atoms with Gasteiger partial charge in [-0.05, 0) is 48.3 Å². The highest BCUT2D eigenvalue weighted by Gasteiger charge is 2.42. The van der Waals surface area contributed by atoms with Crippen molar-refractivity contribution in [1.29, 1.82) is 0 Å². The molecule has 1 N–H and O–H groups in total. The molecule has 4 nitrogen and oxygen atoms in total. The summed E-state index contributed by atoms with van der Waals surface area (Å²) in [5, 5.41) is 4.92. The number of rotatable bonds is 6. The van der Waals surface area contributed by atoms with Crippen LogP contribution in [0.25, 0.3) is 10.4 Å². The quantitative estimate of drug-likeness (QED) is 0.815. The van der Waals surface area contributed by atoms with Crippen LogP contribution in [0.1, 0.15) is 38.2 Å². The molecule has 3 rings (SSSR count). The molecule has 27 heavy (non-hydrogen) atoms. The molecule has 0 saturated carbocycles. The molecule has 0 spiro atoms. The normalized spacial score (nSPS) is 19.7. The van der Waals surface area contributed by atoms with E-state index in [-0.39, 0.29) is 11.8 Å². The van der Waals surface area contributed by atoms with Crippen LogP contribution in [-0.4, -0.2) is 36.9 Å². The lowest BCUT2D eigenvalue weighted by molar-refractivity contribution is -0.141. The zero-order valence-electron chi connectivity index (χ0n) is 16.2. The Morgan fingerprint density at radius 3 is 2.63 bits per heavy atom. The van der Waals surface area contributed by atoms with Crippen molar-refractivity contribution >= 4 is 23.2 Å². The largest absolute Gasteiger partial charge is 0.359 e. The van der Waals surface area contributed by atoms with Gasteiger partial charge < -0.3 is 10.2 Å². The third-order valence-electron chi connectivity index (χ3n) is 5.40. The molecule has 0 bridgehead atoms. The Balaban J connectivity index is 1.80. The predicted molar refractivity (Wildman–Crippen MR) is 111 cm³/mol. The van der Waals surface area contributed by atoms with Gasteiger partial charge in [-0.25, -0.2) is 0 Å². The summed E-state index contributed by atoms with van der Waals surface area (Å²) < 4.78 is 0. The van der Waals surface area contributed by atoms with E-state index in [0.29, 0.717) is 19.4 Å². The molecular weight excluding hydrogens is 356 g/mol. The van der Waals surface area contributed by atoms with E-state index in [1.807, 2.05) is 11.8 Å². The van der Waals surface area contributed by atoms with Gasteiger partial charge in [0.2, 0.25) is 11.8 Å². The van der Waals surface area contributed by atoms with Crippen LogP contribution in [0.15, 0.2) is 41.8 Å². The summed E-state index contributed by atoms with van der Waals surface area (Å²) in [7, 11) is 1.69. The molecule has 1 aromatic carbocycles. The molecule has 0 unspecified atom stereocenters. The van der Waals surface area contributed by atoms with Gasteiger partial charge in [-0.2, -0.15) is 0 Å². The van der Waals surface area contributed by atoms with Crippen molar-refractivity contribution < 1.29 is 9.59 Å². The highest BCUT2D eigenvalue weighted by Crippen LogP contribution is 2.35. The summed E-state index contributed by atoms with van der Waals surface area (Å²) >= 11 is 1.73. The maximum atomic E-state index is 12.8. The maximum Gasteiger partial charge on any atom is 0.228 e. The van der Waals surface area contributed by atoms with Gasteiger partial charge in [0.25, 0.3) is 0 Å². The van der Waals surface area contributed by atoms with Crippen molar-refractivity contribution in [3.8, 4) is 10.4 Å². The predicted octanol–water partition coefficient (Wildman–Crippen LogP) is 4.11. The average Bonchev–Trinajstić information content (AvgIpc) is 3.23. The van der Waals surface area contributed by atoms with Crippen molar-refractivity contribution in [1.82, 2.24) is 10.2 Å². The van der Waals surface area contributed by atoms with Crippen molar-refractivity contribution in [2.24, 2.45) is 5.41 Å². The summed E-state index contributed by atoms with van der Waals surface area (Å²) in [4.78, 5) is 28.4. The molecule has 2 heterocycles. The first-order chi connectivity index (χ1) is 13.1. The molecule has 1 fully saturated rings. The third kappa shape index (κ3) is 4.41. The van der Waals surface area contributed by atoms with Crippen molar-refractivity contribution in [2.45, 2.75) is 39.0 Å². The SMILES string of the molecule is CCCC(=O)N1CCC[C@@](Cc2ccc(-c3cccs3)cc2)(C(=O)NC)C1. The van der Waals surface area contributed by atoms with E-state index in [4.69, 9.17) is 0 Å². The number of piperidine rings is 1. The molecule has 0 radical (unpaired) electrons. The van der Waals surface area contributed by atoms with Gasteiger partial charge in [0.15, 0.2) is 0 Å². The molecule has 5 heteroatoms. The minimum absolute atomic E-state index is 0.0406. The summed E-state index contributed by atoms with van der Waals surface area (Å²) in [5.41, 5.74) is 1.80. The second-order valence-corrected chi connectivity index (χ2v) is 8.33. The van der Waals surface area contributed by atoms with Gasteiger partial charge in [0.05, 0.1) is 5.41 Å². The molecule has 1 aromatic heterocycles. The van der Waals surface area contributed by atoms with Gasteiger partial charge in [-0.3, -0.25) is 9.59 Å². The fourth-order valence-electron chi connectivity index (χ4n) is 4.01. The van der Waals surface area contributed by atoms with Crippen LogP contribution in [0, 0.1) is 5.41 Å². The van der Waals surface area contributed by atoms with Crippen LogP contribution < -0.4 is 5.32 Å². The fraction of sp³-hybridized carbons (Fsp3) is 0.455. The molecule has 1 atom stereocenters. The lowest BCUT2D eigenvalue weighted by atomic mass is 9.74. The summed E-state index contributed by atoms with van der Waals surface area (Å²) in [6, 6.07) is 12.7. The maximum absolute atomic E-state index is 12.8. The number of nitrogens with one attached hydrogen (secondary N) is 1. The van der Waals surface area contributed by atoms with Gasteiger partial charge in [-0.15, -0.1) is 11.3 Å². The number of carbonyl (C=O) groups is 2. The number of amides is 2. The topological polar surface area (TPSA) is 49.4 Å². The molecule has 1 saturated heterocycles. The van der Waals surface area contributed by atoms with Gasteiger partial charge in [0, 0.05) is 31.4 Å². The number of carbonyl (C=O) groups excluding carboxylic acids is 2. The minimum atomic E-state index is -0.541. The molecule has 144 valence electrons. The van der Waals surface area contributed by atoms with Crippen LogP contribution >= 0.6 is 11.3 Å².